The molecule has 1 aromatic rings. The zero-order valence-electron chi connectivity index (χ0n) is 17.0. The quantitative estimate of drug-likeness (QED) is 0.755. The molecule has 2 rings (SSSR count). The highest BCUT2D eigenvalue weighted by Gasteiger charge is 2.25. The molecule has 0 aliphatic carbocycles. The second kappa shape index (κ2) is 9.77. The summed E-state index contributed by atoms with van der Waals surface area (Å²) in [6, 6.07) is 8.91. The Labute approximate surface area is 158 Å². The minimum Gasteiger partial charge on any atom is -0.497 e. The van der Waals surface area contributed by atoms with Gasteiger partial charge in [0.15, 0.2) is 0 Å². The standard InChI is InChI=1S/C22H34N2O2/c1-6-14-24(16(2)3)17(4)15-21-20(8-7-13-23-22(21)25)18-9-11-19(26-5)12-10-18/h9-12,16-17H,6-8,13-15H2,1-5H3,(H,23,25). The van der Waals surface area contributed by atoms with Crippen molar-refractivity contribution in [3.05, 3.63) is 35.4 Å². The van der Waals surface area contributed by atoms with Crippen LogP contribution in [0.2, 0.25) is 0 Å². The lowest BCUT2D eigenvalue weighted by atomic mass is 9.92. The number of methoxy groups -OCH3 is 1. The van der Waals surface area contributed by atoms with Crippen molar-refractivity contribution in [1.82, 2.24) is 10.2 Å². The number of nitrogens with zero attached hydrogens (tertiary/aromatic N) is 1. The van der Waals surface area contributed by atoms with Crippen LogP contribution in [-0.2, 0) is 4.79 Å². The summed E-state index contributed by atoms with van der Waals surface area (Å²) in [5.74, 6) is 0.941. The highest BCUT2D eigenvalue weighted by atomic mass is 16.5. The molecule has 0 saturated heterocycles. The number of hydrogen-bond donors (Lipinski definition) is 1. The van der Waals surface area contributed by atoms with E-state index in [0.717, 1.165) is 55.7 Å². The van der Waals surface area contributed by atoms with E-state index in [0.29, 0.717) is 12.1 Å². The Morgan fingerprint density at radius 1 is 1.19 bits per heavy atom. The lowest BCUT2D eigenvalue weighted by Crippen LogP contribution is -2.40. The van der Waals surface area contributed by atoms with Gasteiger partial charge in [0.2, 0.25) is 5.91 Å². The summed E-state index contributed by atoms with van der Waals surface area (Å²) in [4.78, 5) is 15.3. The van der Waals surface area contributed by atoms with E-state index in [1.165, 1.54) is 5.57 Å². The summed E-state index contributed by atoms with van der Waals surface area (Å²) in [7, 11) is 1.68. The van der Waals surface area contributed by atoms with Crippen LogP contribution in [-0.4, -0.2) is 43.1 Å². The first kappa shape index (κ1) is 20.5. The summed E-state index contributed by atoms with van der Waals surface area (Å²) in [6.45, 7) is 10.7. The van der Waals surface area contributed by atoms with E-state index in [1.54, 1.807) is 7.11 Å². The molecule has 144 valence electrons. The maximum Gasteiger partial charge on any atom is 0.247 e. The van der Waals surface area contributed by atoms with Crippen molar-refractivity contribution in [2.75, 3.05) is 20.2 Å². The highest BCUT2D eigenvalue weighted by molar-refractivity contribution is 6.01. The molecule has 0 aromatic heterocycles. The average Bonchev–Trinajstić information content (AvgIpc) is 2.81. The molecule has 0 radical (unpaired) electrons. The van der Waals surface area contributed by atoms with Gasteiger partial charge in [-0.15, -0.1) is 0 Å². The third-order valence-electron chi connectivity index (χ3n) is 5.18. The van der Waals surface area contributed by atoms with Gasteiger partial charge in [0.05, 0.1) is 7.11 Å². The van der Waals surface area contributed by atoms with E-state index in [-0.39, 0.29) is 5.91 Å². The Morgan fingerprint density at radius 3 is 2.46 bits per heavy atom. The van der Waals surface area contributed by atoms with E-state index in [9.17, 15) is 4.79 Å². The fourth-order valence-corrected chi connectivity index (χ4v) is 3.85. The molecule has 0 bridgehead atoms. The van der Waals surface area contributed by atoms with Crippen LogP contribution in [0.4, 0.5) is 0 Å². The maximum absolute atomic E-state index is 12.8. The van der Waals surface area contributed by atoms with Crippen LogP contribution in [0.5, 0.6) is 5.75 Å². The molecule has 26 heavy (non-hydrogen) atoms. The van der Waals surface area contributed by atoms with E-state index < -0.39 is 0 Å². The Balaban J connectivity index is 2.35. The van der Waals surface area contributed by atoms with Crippen molar-refractivity contribution in [2.24, 2.45) is 0 Å². The number of allylic oxidation sites excluding steroid dienone is 1. The SMILES string of the molecule is CCCN(C(C)C)C(C)CC1=C(c2ccc(OC)cc2)CCCNC1=O. The third-order valence-corrected chi connectivity index (χ3v) is 5.18. The molecule has 1 aliphatic heterocycles. The summed E-state index contributed by atoms with van der Waals surface area (Å²) in [5.41, 5.74) is 3.27. The molecule has 1 heterocycles. The van der Waals surface area contributed by atoms with Crippen LogP contribution in [0.1, 0.15) is 58.9 Å². The van der Waals surface area contributed by atoms with Crippen molar-refractivity contribution in [3.8, 4) is 5.75 Å². The zero-order chi connectivity index (χ0) is 19.1. The fraction of sp³-hybridized carbons (Fsp3) is 0.591. The molecule has 1 unspecified atom stereocenters. The summed E-state index contributed by atoms with van der Waals surface area (Å²) in [5, 5.41) is 3.08. The van der Waals surface area contributed by atoms with Crippen LogP contribution in [0.3, 0.4) is 0 Å². The van der Waals surface area contributed by atoms with E-state index in [2.05, 4.69) is 50.0 Å². The van der Waals surface area contributed by atoms with Crippen molar-refractivity contribution in [2.45, 2.75) is 65.5 Å². The van der Waals surface area contributed by atoms with Gasteiger partial charge in [-0.2, -0.15) is 0 Å². The summed E-state index contributed by atoms with van der Waals surface area (Å²) in [6.07, 6.45) is 3.82. The number of ether oxygens (including phenoxy) is 1. The normalized spacial score (nSPS) is 16.7. The number of hydrogen-bond acceptors (Lipinski definition) is 3. The van der Waals surface area contributed by atoms with Crippen molar-refractivity contribution in [1.29, 1.82) is 0 Å². The summed E-state index contributed by atoms with van der Waals surface area (Å²) < 4.78 is 5.28. The first-order valence-corrected chi connectivity index (χ1v) is 9.88. The number of amides is 1. The molecule has 4 nitrogen and oxygen atoms in total. The lowest BCUT2D eigenvalue weighted by Gasteiger charge is -2.33. The van der Waals surface area contributed by atoms with E-state index >= 15 is 0 Å². The van der Waals surface area contributed by atoms with Gasteiger partial charge >= 0.3 is 0 Å². The smallest absolute Gasteiger partial charge is 0.247 e. The molecule has 0 saturated carbocycles. The number of nitrogens with one attached hydrogen (secondary N) is 1. The third kappa shape index (κ3) is 5.10. The fourth-order valence-electron chi connectivity index (χ4n) is 3.85. The van der Waals surface area contributed by atoms with Gasteiger partial charge in [0.1, 0.15) is 5.75 Å². The number of benzene rings is 1. The van der Waals surface area contributed by atoms with Crippen molar-refractivity contribution in [3.63, 3.8) is 0 Å². The molecule has 1 aromatic carbocycles. The van der Waals surface area contributed by atoms with Gasteiger partial charge in [-0.25, -0.2) is 0 Å². The van der Waals surface area contributed by atoms with Crippen LogP contribution < -0.4 is 10.1 Å². The minimum absolute atomic E-state index is 0.0976. The monoisotopic (exact) mass is 358 g/mol. The maximum atomic E-state index is 12.8. The minimum atomic E-state index is 0.0976. The van der Waals surface area contributed by atoms with Crippen LogP contribution in [0.25, 0.3) is 5.57 Å². The van der Waals surface area contributed by atoms with E-state index in [4.69, 9.17) is 4.74 Å². The Hall–Kier alpha value is -1.81. The molecule has 0 spiro atoms. The molecule has 1 atom stereocenters. The predicted octanol–water partition coefficient (Wildman–Crippen LogP) is 4.26. The molecule has 1 aliphatic rings. The lowest BCUT2D eigenvalue weighted by molar-refractivity contribution is -0.117. The first-order chi connectivity index (χ1) is 12.5. The van der Waals surface area contributed by atoms with Crippen molar-refractivity contribution >= 4 is 11.5 Å². The molecule has 4 heteroatoms. The molecular weight excluding hydrogens is 324 g/mol. The Kier molecular flexibility index (Phi) is 7.70. The Morgan fingerprint density at radius 2 is 1.88 bits per heavy atom. The summed E-state index contributed by atoms with van der Waals surface area (Å²) >= 11 is 0. The zero-order valence-corrected chi connectivity index (χ0v) is 17.0. The molecule has 1 N–H and O–H groups in total. The first-order valence-electron chi connectivity index (χ1n) is 9.88. The average molecular weight is 359 g/mol. The van der Waals surface area contributed by atoms with Gasteiger partial charge in [0.25, 0.3) is 0 Å². The van der Waals surface area contributed by atoms with Gasteiger partial charge in [0, 0.05) is 24.2 Å². The number of carbonyl (C=O) groups is 1. The molecule has 0 fully saturated rings. The van der Waals surface area contributed by atoms with Gasteiger partial charge < -0.3 is 10.1 Å². The van der Waals surface area contributed by atoms with Crippen LogP contribution in [0.15, 0.2) is 29.8 Å². The Bertz CT molecular complexity index is 620. The van der Waals surface area contributed by atoms with Crippen LogP contribution in [0, 0.1) is 0 Å². The van der Waals surface area contributed by atoms with E-state index in [1.807, 2.05) is 12.1 Å². The second-order valence-corrected chi connectivity index (χ2v) is 7.43. The number of carbonyl (C=O) groups excluding carboxylic acids is 1. The van der Waals surface area contributed by atoms with Gasteiger partial charge in [-0.1, -0.05) is 19.1 Å². The topological polar surface area (TPSA) is 41.6 Å². The molecular formula is C22H34N2O2. The highest BCUT2D eigenvalue weighted by Crippen LogP contribution is 2.30. The number of rotatable bonds is 8. The van der Waals surface area contributed by atoms with Gasteiger partial charge in [-0.3, -0.25) is 9.69 Å². The molecule has 1 amide bonds. The largest absolute Gasteiger partial charge is 0.497 e. The van der Waals surface area contributed by atoms with Gasteiger partial charge in [-0.05, 0) is 76.3 Å². The van der Waals surface area contributed by atoms with Crippen LogP contribution >= 0.6 is 0 Å². The predicted molar refractivity (Wildman–Crippen MR) is 108 cm³/mol. The second-order valence-electron chi connectivity index (χ2n) is 7.43. The van der Waals surface area contributed by atoms with Crippen molar-refractivity contribution < 1.29 is 9.53 Å².